The summed E-state index contributed by atoms with van der Waals surface area (Å²) >= 11 is 0. The summed E-state index contributed by atoms with van der Waals surface area (Å²) in [6.07, 6.45) is -4.38. The maximum Gasteiger partial charge on any atom is 0.435 e. The van der Waals surface area contributed by atoms with Crippen LogP contribution in [0.3, 0.4) is 0 Å². The summed E-state index contributed by atoms with van der Waals surface area (Å²) in [7, 11) is 3.38. The van der Waals surface area contributed by atoms with Crippen LogP contribution in [0.15, 0.2) is 6.07 Å². The molecule has 0 unspecified atom stereocenters. The summed E-state index contributed by atoms with van der Waals surface area (Å²) in [5.74, 6) is 0.456. The highest BCUT2D eigenvalue weighted by molar-refractivity contribution is 5.40. The lowest BCUT2D eigenvalue weighted by molar-refractivity contribution is -0.141. The second-order valence-electron chi connectivity index (χ2n) is 3.82. The summed E-state index contributed by atoms with van der Waals surface area (Å²) in [6.45, 7) is 3.58. The van der Waals surface area contributed by atoms with Crippen LogP contribution in [0, 0.1) is 0 Å². The van der Waals surface area contributed by atoms with Gasteiger partial charge >= 0.3 is 6.18 Å². The number of halogens is 3. The van der Waals surface area contributed by atoms with E-state index < -0.39 is 11.9 Å². The molecule has 1 rings (SSSR count). The van der Waals surface area contributed by atoms with Crippen molar-refractivity contribution >= 4 is 5.82 Å². The quantitative estimate of drug-likeness (QED) is 0.765. The van der Waals surface area contributed by atoms with Crippen LogP contribution in [0.25, 0.3) is 0 Å². The zero-order valence-electron chi connectivity index (χ0n) is 9.13. The smallest absolute Gasteiger partial charge is 0.363 e. The fourth-order valence-corrected chi connectivity index (χ4v) is 1.24. The molecule has 0 atom stereocenters. The first-order chi connectivity index (χ1) is 6.73. The van der Waals surface area contributed by atoms with Crippen molar-refractivity contribution in [3.05, 3.63) is 11.8 Å². The second-order valence-corrected chi connectivity index (χ2v) is 3.82. The largest absolute Gasteiger partial charge is 0.435 e. The van der Waals surface area contributed by atoms with Gasteiger partial charge in [0.1, 0.15) is 5.82 Å². The fraction of sp³-hybridized carbons (Fsp3) is 0.667. The molecule has 0 aliphatic heterocycles. The summed E-state index contributed by atoms with van der Waals surface area (Å²) in [5.41, 5.74) is -0.847. The minimum absolute atomic E-state index is 0.0986. The Morgan fingerprint density at radius 3 is 2.13 bits per heavy atom. The number of nitrogens with zero attached hydrogens (tertiary/aromatic N) is 3. The van der Waals surface area contributed by atoms with Gasteiger partial charge in [-0.15, -0.1) is 0 Å². The molecule has 1 aromatic rings. The number of hydrogen-bond donors (Lipinski definition) is 0. The van der Waals surface area contributed by atoms with Crippen molar-refractivity contribution in [3.8, 4) is 0 Å². The lowest BCUT2D eigenvalue weighted by atomic mass is 10.4. The monoisotopic (exact) mass is 221 g/mol. The Bertz CT molecular complexity index is 313. The SMILES string of the molecule is CC(C)n1nc(C(F)(F)F)cc1N(C)C. The zero-order chi connectivity index (χ0) is 11.8. The average molecular weight is 221 g/mol. The maximum absolute atomic E-state index is 12.4. The molecule has 0 N–H and O–H groups in total. The highest BCUT2D eigenvalue weighted by Gasteiger charge is 2.35. The fourth-order valence-electron chi connectivity index (χ4n) is 1.24. The molecule has 0 fully saturated rings. The number of alkyl halides is 3. The second kappa shape index (κ2) is 3.75. The van der Waals surface area contributed by atoms with Gasteiger partial charge in [0, 0.05) is 26.2 Å². The molecular formula is C9H14F3N3. The van der Waals surface area contributed by atoms with E-state index in [1.165, 1.54) is 4.68 Å². The summed E-state index contributed by atoms with van der Waals surface area (Å²) < 4.78 is 38.6. The normalized spacial score (nSPS) is 12.3. The van der Waals surface area contributed by atoms with Crippen LogP contribution in [-0.4, -0.2) is 23.9 Å². The van der Waals surface area contributed by atoms with Crippen molar-refractivity contribution in [2.45, 2.75) is 26.1 Å². The van der Waals surface area contributed by atoms with Crippen LogP contribution in [0.4, 0.5) is 19.0 Å². The Balaban J connectivity index is 3.21. The molecule has 0 aliphatic rings. The van der Waals surface area contributed by atoms with Crippen molar-refractivity contribution in [2.24, 2.45) is 0 Å². The van der Waals surface area contributed by atoms with Gasteiger partial charge in [-0.05, 0) is 13.8 Å². The van der Waals surface area contributed by atoms with Gasteiger partial charge < -0.3 is 4.90 Å². The molecule has 3 nitrogen and oxygen atoms in total. The van der Waals surface area contributed by atoms with Crippen LogP contribution in [0.5, 0.6) is 0 Å². The minimum Gasteiger partial charge on any atom is -0.363 e. The highest BCUT2D eigenvalue weighted by atomic mass is 19.4. The average Bonchev–Trinajstić information content (AvgIpc) is 2.45. The topological polar surface area (TPSA) is 21.1 Å². The van der Waals surface area contributed by atoms with Crippen LogP contribution in [0.2, 0.25) is 0 Å². The van der Waals surface area contributed by atoms with E-state index in [9.17, 15) is 13.2 Å². The van der Waals surface area contributed by atoms with Gasteiger partial charge in [0.15, 0.2) is 5.69 Å². The predicted octanol–water partition coefficient (Wildman–Crippen LogP) is 2.55. The van der Waals surface area contributed by atoms with Crippen LogP contribution in [-0.2, 0) is 6.18 Å². The van der Waals surface area contributed by atoms with E-state index in [1.54, 1.807) is 32.8 Å². The predicted molar refractivity (Wildman–Crippen MR) is 51.9 cm³/mol. The molecule has 0 amide bonds. The first-order valence-corrected chi connectivity index (χ1v) is 4.57. The van der Waals surface area contributed by atoms with E-state index in [0.29, 0.717) is 5.82 Å². The van der Waals surface area contributed by atoms with Gasteiger partial charge in [0.05, 0.1) is 0 Å². The Hall–Kier alpha value is -1.20. The maximum atomic E-state index is 12.4. The molecule has 0 saturated carbocycles. The van der Waals surface area contributed by atoms with Gasteiger partial charge in [-0.2, -0.15) is 18.3 Å². The zero-order valence-corrected chi connectivity index (χ0v) is 9.13. The molecule has 1 aromatic heterocycles. The molecule has 15 heavy (non-hydrogen) atoms. The number of hydrogen-bond acceptors (Lipinski definition) is 2. The third-order valence-corrected chi connectivity index (χ3v) is 1.95. The van der Waals surface area contributed by atoms with E-state index in [4.69, 9.17) is 0 Å². The molecule has 0 spiro atoms. The number of aromatic nitrogens is 2. The van der Waals surface area contributed by atoms with E-state index in [2.05, 4.69) is 5.10 Å². The Labute approximate surface area is 86.5 Å². The molecule has 1 heterocycles. The van der Waals surface area contributed by atoms with Crippen LogP contribution in [0.1, 0.15) is 25.6 Å². The van der Waals surface area contributed by atoms with Crippen LogP contribution < -0.4 is 4.90 Å². The standard InChI is InChI=1S/C9H14F3N3/c1-6(2)15-8(14(3)4)5-7(13-15)9(10,11)12/h5-6H,1-4H3. The van der Waals surface area contributed by atoms with Gasteiger partial charge in [0.2, 0.25) is 0 Å². The molecule has 0 saturated heterocycles. The first-order valence-electron chi connectivity index (χ1n) is 4.57. The van der Waals surface area contributed by atoms with Crippen molar-refractivity contribution < 1.29 is 13.2 Å². The molecule has 0 aromatic carbocycles. The van der Waals surface area contributed by atoms with Gasteiger partial charge in [-0.3, -0.25) is 0 Å². The summed E-state index contributed by atoms with van der Waals surface area (Å²) in [4.78, 5) is 1.61. The number of anilines is 1. The molecular weight excluding hydrogens is 207 g/mol. The minimum atomic E-state index is -4.38. The van der Waals surface area contributed by atoms with Crippen molar-refractivity contribution in [1.29, 1.82) is 0 Å². The summed E-state index contributed by atoms with van der Waals surface area (Å²) in [5, 5.41) is 3.55. The Morgan fingerprint density at radius 2 is 1.87 bits per heavy atom. The number of rotatable bonds is 2. The Kier molecular flexibility index (Phi) is 2.97. The van der Waals surface area contributed by atoms with E-state index >= 15 is 0 Å². The third-order valence-electron chi connectivity index (χ3n) is 1.95. The Morgan fingerprint density at radius 1 is 1.33 bits per heavy atom. The first kappa shape index (κ1) is 11.9. The highest BCUT2D eigenvalue weighted by Crippen LogP contribution is 2.31. The molecule has 0 radical (unpaired) electrons. The van der Waals surface area contributed by atoms with E-state index in [0.717, 1.165) is 6.07 Å². The summed E-state index contributed by atoms with van der Waals surface area (Å²) in [6, 6.07) is 0.957. The molecule has 0 aliphatic carbocycles. The van der Waals surface area contributed by atoms with E-state index in [-0.39, 0.29) is 6.04 Å². The molecule has 0 bridgehead atoms. The third kappa shape index (κ3) is 2.43. The van der Waals surface area contributed by atoms with Gasteiger partial charge in [-0.1, -0.05) is 0 Å². The van der Waals surface area contributed by atoms with E-state index in [1.807, 2.05) is 0 Å². The van der Waals surface area contributed by atoms with Gasteiger partial charge in [0.25, 0.3) is 0 Å². The van der Waals surface area contributed by atoms with Gasteiger partial charge in [-0.25, -0.2) is 4.68 Å². The lowest BCUT2D eigenvalue weighted by Crippen LogP contribution is -2.16. The lowest BCUT2D eigenvalue weighted by Gasteiger charge is -2.16. The van der Waals surface area contributed by atoms with Crippen molar-refractivity contribution in [3.63, 3.8) is 0 Å². The molecule has 6 heteroatoms. The van der Waals surface area contributed by atoms with Crippen molar-refractivity contribution in [1.82, 2.24) is 9.78 Å². The van der Waals surface area contributed by atoms with Crippen LogP contribution >= 0.6 is 0 Å². The molecule has 86 valence electrons. The van der Waals surface area contributed by atoms with Crippen molar-refractivity contribution in [2.75, 3.05) is 19.0 Å².